The number of benzene rings is 2. The van der Waals surface area contributed by atoms with E-state index in [1.807, 2.05) is 69.5 Å². The van der Waals surface area contributed by atoms with Gasteiger partial charge in [-0.05, 0) is 138 Å². The van der Waals surface area contributed by atoms with Crippen LogP contribution in [0.3, 0.4) is 0 Å². The number of nitrogens with zero attached hydrogens (tertiary/aromatic N) is 6. The van der Waals surface area contributed by atoms with Crippen LogP contribution in [-0.4, -0.2) is 187 Å². The second-order valence-electron chi connectivity index (χ2n) is 29.4. The van der Waals surface area contributed by atoms with Gasteiger partial charge in [0.25, 0.3) is 11.8 Å². The molecule has 2 aliphatic heterocycles. The molecule has 0 radical (unpaired) electrons. The number of rotatable bonds is 37. The maximum absolute atomic E-state index is 14.2. The van der Waals surface area contributed by atoms with E-state index in [0.29, 0.717) is 16.4 Å². The molecule has 2 aromatic heterocycles. The van der Waals surface area contributed by atoms with Crippen molar-refractivity contribution in [2.75, 3.05) is 41.3 Å². The summed E-state index contributed by atoms with van der Waals surface area (Å²) in [5, 5.41) is 39.8. The Morgan fingerprint density at radius 2 is 0.935 bits per heavy atom. The second-order valence-corrected chi connectivity index (χ2v) is 31.2. The number of carbonyl (C=O) groups excluding carboxylic acids is 9. The van der Waals surface area contributed by atoms with Gasteiger partial charge in [0, 0.05) is 107 Å². The molecule has 0 bridgehead atoms. The monoisotopic (exact) mass is 1540 g/mol. The Bertz CT molecular complexity index is 3540. The number of hydrogen-bond donors (Lipinski definition) is 5. The van der Waals surface area contributed by atoms with Crippen LogP contribution in [0.2, 0.25) is 0 Å². The number of ketones is 2. The summed E-state index contributed by atoms with van der Waals surface area (Å²) in [7, 11) is 7.38. The van der Waals surface area contributed by atoms with Crippen LogP contribution in [0.25, 0.3) is 0 Å². The maximum Gasteiger partial charge on any atom is 0.310 e. The molecule has 596 valence electrons. The predicted molar refractivity (Wildman–Crippen MR) is 407 cm³/mol. The van der Waals surface area contributed by atoms with Crippen LogP contribution < -0.4 is 10.6 Å². The van der Waals surface area contributed by atoms with E-state index in [-0.39, 0.29) is 141 Å². The first-order valence-corrected chi connectivity index (χ1v) is 38.5. The SMILES string of the molecule is C.CC(=O)OC(C)=O.CCC(C)[C@H](CC(=O)C1CCCN1C)C(=O)N(C)C(C[C@@H](O)c1nc(C(=O)N[C@@H](Cc2ccc(F)cc2)C[C@H](C)C(=O)O)cs1)C(C)C.CCC(C)[C@H](CC(=O)C1CCCN1C)C(=O)N(C)C(C[C@@H](OC(C)=O)c1nc(C(=O)N[C@@H](Cc2ccc(F)cc2)C[C@H](C)C(=O)O)cs1)C(C)C. The van der Waals surface area contributed by atoms with Crippen LogP contribution in [-0.2, 0) is 65.5 Å². The van der Waals surface area contributed by atoms with Gasteiger partial charge in [-0.3, -0.25) is 62.5 Å². The largest absolute Gasteiger partial charge is 0.481 e. The number of esters is 3. The van der Waals surface area contributed by atoms with E-state index in [1.54, 1.807) is 72.8 Å². The van der Waals surface area contributed by atoms with Crippen molar-refractivity contribution in [3.05, 3.63) is 103 Å². The molecule has 5 N–H and O–H groups in total. The number of carbonyl (C=O) groups is 11. The zero-order chi connectivity index (χ0) is 79.6. The Labute approximate surface area is 638 Å². The third-order valence-electron chi connectivity index (χ3n) is 20.3. The highest BCUT2D eigenvalue weighted by atomic mass is 32.1. The molecule has 2 saturated heterocycles. The lowest BCUT2D eigenvalue weighted by molar-refractivity contribution is -0.156. The van der Waals surface area contributed by atoms with Gasteiger partial charge in [-0.2, -0.15) is 0 Å². The van der Waals surface area contributed by atoms with Crippen molar-refractivity contribution in [3.8, 4) is 0 Å². The van der Waals surface area contributed by atoms with Gasteiger partial charge in [-0.1, -0.05) is 114 Å². The van der Waals surface area contributed by atoms with Crippen LogP contribution in [0.5, 0.6) is 0 Å². The van der Waals surface area contributed by atoms with Crippen molar-refractivity contribution in [2.45, 2.75) is 236 Å². The van der Waals surface area contributed by atoms with E-state index in [0.717, 1.165) is 85.4 Å². The number of hydrogen-bond acceptors (Lipinski definition) is 20. The maximum atomic E-state index is 14.2. The minimum Gasteiger partial charge on any atom is -0.481 e. The zero-order valence-electron chi connectivity index (χ0n) is 64.7. The molecule has 2 fully saturated rings. The Hall–Kier alpha value is -7.79. The second kappa shape index (κ2) is 45.3. The number of amides is 4. The summed E-state index contributed by atoms with van der Waals surface area (Å²) in [5.41, 5.74) is 1.66. The summed E-state index contributed by atoms with van der Waals surface area (Å²) in [6, 6.07) is 9.48. The molecule has 24 nitrogen and oxygen atoms in total. The third-order valence-corrected chi connectivity index (χ3v) is 22.2. The first-order valence-electron chi connectivity index (χ1n) is 36.8. The molecule has 2 aliphatic rings. The molecule has 14 atom stereocenters. The highest BCUT2D eigenvalue weighted by molar-refractivity contribution is 7.10. The number of nitrogens with one attached hydrogen (secondary N) is 2. The van der Waals surface area contributed by atoms with Gasteiger partial charge in [0.05, 0.1) is 23.9 Å². The molecule has 4 aromatic rings. The molecule has 0 aliphatic carbocycles. The molecule has 4 amide bonds. The molecule has 6 unspecified atom stereocenters. The standard InChI is InChI=1S/C38H55FN4O7S.C36H53FN4O6S.C4H6O3.CH4/c1-9-23(4)29(19-33(45)31-11-10-16-42(31)7)37(47)43(8)32(22(2)3)20-34(50-25(6)44)36-41-30(21-51-36)35(46)40-28(17-24(5)38(48)49)18-26-12-14-27(39)15-13-26;1-8-22(4)27(18-31(42)29-10-9-15-40(29)6)35(45)41(7)30(21(2)3)19-32(43)34-39-28(20-48-34)33(44)38-26(16-23(5)36(46)47)17-24-11-13-25(37)14-12-24;1-3(5)7-4(2)6;/h12-15,21-24,28-29,31-32,34H,9-11,16-20H2,1-8H3,(H,40,46)(H,48,49);11-14,20-23,26-27,29-30,32,43H,8-10,15-19H2,1-7H3,(H,38,44)(H,46,47);1-2H3;1H4/t23?,24-,28+,29-,31?,32?,34+;22?,23-,26+,27-,29?,30?,32+;;/m00../s1. The number of aliphatic hydroxyl groups is 1. The number of ether oxygens (including phenoxy) is 2. The van der Waals surface area contributed by atoms with Crippen molar-refractivity contribution < 1.29 is 86.3 Å². The number of aromatic nitrogens is 2. The number of likely N-dealkylation sites (N-methyl/N-ethyl adjacent to an activating group) is 2. The Kier molecular flexibility index (Phi) is 39.5. The number of likely N-dealkylation sites (tertiary alicyclic amines) is 2. The predicted octanol–water partition coefficient (Wildman–Crippen LogP) is 12.0. The Balaban J connectivity index is 0.000000505. The van der Waals surface area contributed by atoms with Gasteiger partial charge >= 0.3 is 29.8 Å². The summed E-state index contributed by atoms with van der Waals surface area (Å²) in [6.45, 7) is 24.5. The molecule has 0 saturated carbocycles. The van der Waals surface area contributed by atoms with E-state index < -0.39 is 95.4 Å². The average Bonchev–Trinajstić information content (AvgIpc) is 1.64. The van der Waals surface area contributed by atoms with E-state index in [1.165, 1.54) is 45.0 Å². The van der Waals surface area contributed by atoms with Crippen LogP contribution in [0, 0.1) is 59.0 Å². The van der Waals surface area contributed by atoms with Crippen molar-refractivity contribution >= 4 is 87.7 Å². The molecule has 107 heavy (non-hydrogen) atoms. The number of carboxylic acid groups (broad SMARTS) is 2. The molecule has 6 rings (SSSR count). The minimum atomic E-state index is -1.04. The summed E-state index contributed by atoms with van der Waals surface area (Å²) < 4.78 is 36.6. The first kappa shape index (κ1) is 93.4. The number of Topliss-reactive ketones (excluding diaryl/α,β-unsaturated/α-hetero) is 2. The fraction of sp³-hybridized carbons (Fsp3) is 0.633. The third kappa shape index (κ3) is 30.0. The van der Waals surface area contributed by atoms with E-state index in [9.17, 15) is 76.8 Å². The van der Waals surface area contributed by atoms with Crippen LogP contribution in [0.1, 0.15) is 229 Å². The normalized spacial score (nSPS) is 17.7. The van der Waals surface area contributed by atoms with E-state index in [4.69, 9.17) is 4.74 Å². The summed E-state index contributed by atoms with van der Waals surface area (Å²) >= 11 is 2.29. The zero-order valence-corrected chi connectivity index (χ0v) is 66.4. The van der Waals surface area contributed by atoms with Crippen molar-refractivity contribution in [2.24, 2.45) is 47.3 Å². The Morgan fingerprint density at radius 1 is 0.570 bits per heavy atom. The number of halogens is 2. The lowest BCUT2D eigenvalue weighted by Gasteiger charge is -2.37. The van der Waals surface area contributed by atoms with Crippen molar-refractivity contribution in [1.82, 2.24) is 40.2 Å². The first-order chi connectivity index (χ1) is 49.8. The number of aliphatic carboxylic acids is 2. The summed E-state index contributed by atoms with van der Waals surface area (Å²) in [5.74, 6) is -7.97. The van der Waals surface area contributed by atoms with Gasteiger partial charge < -0.3 is 45.2 Å². The quantitative estimate of drug-likeness (QED) is 0.0207. The fourth-order valence-electron chi connectivity index (χ4n) is 13.6. The van der Waals surface area contributed by atoms with Crippen molar-refractivity contribution in [1.29, 1.82) is 0 Å². The fourth-order valence-corrected chi connectivity index (χ4v) is 15.2. The molecule has 0 spiro atoms. The minimum absolute atomic E-state index is 0. The molecular weight excluding hydrogens is 1420 g/mol. The van der Waals surface area contributed by atoms with Gasteiger partial charge in [0.2, 0.25) is 11.8 Å². The lowest BCUT2D eigenvalue weighted by Crippen LogP contribution is -2.47. The molecule has 28 heteroatoms. The number of aliphatic hydroxyl groups excluding tert-OH is 1. The highest BCUT2D eigenvalue weighted by Gasteiger charge is 2.40. The van der Waals surface area contributed by atoms with Crippen LogP contribution in [0.4, 0.5) is 8.78 Å². The Morgan fingerprint density at radius 3 is 1.25 bits per heavy atom. The molecule has 2 aromatic carbocycles. The number of thiazole rings is 2. The van der Waals surface area contributed by atoms with E-state index >= 15 is 0 Å². The highest BCUT2D eigenvalue weighted by Crippen LogP contribution is 2.35. The molecule has 4 heterocycles. The van der Waals surface area contributed by atoms with Gasteiger partial charge in [0.1, 0.15) is 39.1 Å². The van der Waals surface area contributed by atoms with Gasteiger partial charge in [-0.15, -0.1) is 22.7 Å². The van der Waals surface area contributed by atoms with E-state index in [2.05, 4.69) is 35.1 Å². The van der Waals surface area contributed by atoms with Crippen molar-refractivity contribution in [3.63, 3.8) is 0 Å². The van der Waals surface area contributed by atoms with Gasteiger partial charge in [-0.25, -0.2) is 18.7 Å². The summed E-state index contributed by atoms with van der Waals surface area (Å²) in [6.07, 6.45) is 4.84. The lowest BCUT2D eigenvalue weighted by atomic mass is 9.83. The average molecular weight is 1540 g/mol. The summed E-state index contributed by atoms with van der Waals surface area (Å²) in [4.78, 5) is 153. The van der Waals surface area contributed by atoms with Gasteiger partial charge in [0.15, 0.2) is 17.7 Å². The van der Waals surface area contributed by atoms with Crippen LogP contribution in [0.15, 0.2) is 59.3 Å². The molecular formula is C79H118F2N8O16S2. The number of carboxylic acids is 2. The smallest absolute Gasteiger partial charge is 0.310 e. The topological polar surface area (TPSA) is 330 Å². The van der Waals surface area contributed by atoms with Crippen LogP contribution >= 0.6 is 22.7 Å².